The molecule has 0 aliphatic carbocycles. The molecule has 3 saturated heterocycles. The largest absolute Gasteiger partial charge is 0.391 e. The van der Waals surface area contributed by atoms with Gasteiger partial charge in [-0.3, -0.25) is 0 Å². The molecular formula is C19H25NO6. The van der Waals surface area contributed by atoms with Crippen LogP contribution in [0.1, 0.15) is 33.3 Å². The van der Waals surface area contributed by atoms with Crippen LogP contribution in [0.3, 0.4) is 0 Å². The van der Waals surface area contributed by atoms with Crippen molar-refractivity contribution in [3.05, 3.63) is 35.9 Å². The molecule has 142 valence electrons. The Bertz CT molecular complexity index is 661. The average molecular weight is 363 g/mol. The van der Waals surface area contributed by atoms with Crippen LogP contribution in [0, 0.1) is 0 Å². The van der Waals surface area contributed by atoms with Gasteiger partial charge in [0.2, 0.25) is 0 Å². The second-order valence-electron chi connectivity index (χ2n) is 7.65. The quantitative estimate of drug-likeness (QED) is 0.605. The third kappa shape index (κ3) is 3.63. The summed E-state index contributed by atoms with van der Waals surface area (Å²) in [5, 5.41) is 4.07. The van der Waals surface area contributed by atoms with E-state index < -0.39 is 24.0 Å². The topological polar surface area (TPSA) is 67.7 Å². The van der Waals surface area contributed by atoms with E-state index in [0.717, 1.165) is 5.56 Å². The highest BCUT2D eigenvalue weighted by atomic mass is 16.9. The highest BCUT2D eigenvalue weighted by Gasteiger charge is 2.60. The highest BCUT2D eigenvalue weighted by Crippen LogP contribution is 2.43. The Labute approximate surface area is 153 Å². The van der Waals surface area contributed by atoms with Gasteiger partial charge >= 0.3 is 0 Å². The van der Waals surface area contributed by atoms with E-state index in [-0.39, 0.29) is 18.3 Å². The fourth-order valence-electron chi connectivity index (χ4n) is 3.55. The fourth-order valence-corrected chi connectivity index (χ4v) is 3.55. The molecule has 7 nitrogen and oxygen atoms in total. The molecule has 0 bridgehead atoms. The molecule has 0 saturated carbocycles. The Morgan fingerprint density at radius 1 is 0.923 bits per heavy atom. The first-order valence-corrected chi connectivity index (χ1v) is 8.89. The summed E-state index contributed by atoms with van der Waals surface area (Å²) in [6, 6.07) is 9.85. The van der Waals surface area contributed by atoms with E-state index in [1.54, 1.807) is 6.21 Å². The minimum atomic E-state index is -0.730. The molecule has 3 aliphatic heterocycles. The first-order valence-electron chi connectivity index (χ1n) is 8.89. The van der Waals surface area contributed by atoms with Gasteiger partial charge in [0, 0.05) is 0 Å². The average Bonchev–Trinajstić information content (AvgIpc) is 3.06. The lowest BCUT2D eigenvalue weighted by molar-refractivity contribution is -0.217. The Morgan fingerprint density at radius 3 is 2.35 bits per heavy atom. The molecule has 3 aliphatic rings. The highest BCUT2D eigenvalue weighted by molar-refractivity contribution is 5.64. The molecule has 1 aromatic rings. The zero-order valence-corrected chi connectivity index (χ0v) is 15.5. The minimum Gasteiger partial charge on any atom is -0.391 e. The number of fused-ring (bicyclic) bond motifs is 3. The molecule has 4 rings (SSSR count). The standard InChI is InChI=1S/C19H25NO6/c1-18(2)23-14-13(10-20-21-11-12-8-6-5-7-9-12)22-17-16(15(14)24-18)25-19(3,4)26-17/h5-10,13-17H,11H2,1-4H3/b20-10+/t13-,14+,15+,16-,17-/m1/s1. The molecule has 0 N–H and O–H groups in total. The van der Waals surface area contributed by atoms with Crippen molar-refractivity contribution in [2.24, 2.45) is 5.16 Å². The lowest BCUT2D eigenvalue weighted by Gasteiger charge is -2.35. The van der Waals surface area contributed by atoms with E-state index in [0.29, 0.717) is 6.61 Å². The van der Waals surface area contributed by atoms with E-state index in [1.807, 2.05) is 58.0 Å². The summed E-state index contributed by atoms with van der Waals surface area (Å²) in [4.78, 5) is 5.40. The van der Waals surface area contributed by atoms with E-state index >= 15 is 0 Å². The third-order valence-corrected chi connectivity index (χ3v) is 4.55. The normalized spacial score (nSPS) is 37.5. The zero-order chi connectivity index (χ0) is 18.4. The van der Waals surface area contributed by atoms with Gasteiger partial charge in [0.05, 0.1) is 6.21 Å². The van der Waals surface area contributed by atoms with Crippen molar-refractivity contribution in [2.45, 2.75) is 76.6 Å². The van der Waals surface area contributed by atoms with E-state index in [1.165, 1.54) is 0 Å². The van der Waals surface area contributed by atoms with Gasteiger partial charge in [0.1, 0.15) is 31.0 Å². The molecular weight excluding hydrogens is 338 g/mol. The summed E-state index contributed by atoms with van der Waals surface area (Å²) in [5.41, 5.74) is 1.04. The van der Waals surface area contributed by atoms with Crippen molar-refractivity contribution in [1.82, 2.24) is 0 Å². The van der Waals surface area contributed by atoms with Crippen molar-refractivity contribution in [2.75, 3.05) is 0 Å². The van der Waals surface area contributed by atoms with Crippen LogP contribution in [0.5, 0.6) is 0 Å². The summed E-state index contributed by atoms with van der Waals surface area (Å²) in [6.07, 6.45) is -0.350. The lowest BCUT2D eigenvalue weighted by Crippen LogP contribution is -2.55. The number of benzene rings is 1. The van der Waals surface area contributed by atoms with Gasteiger partial charge < -0.3 is 28.5 Å². The van der Waals surface area contributed by atoms with Gasteiger partial charge in [-0.2, -0.15) is 0 Å². The van der Waals surface area contributed by atoms with Crippen LogP contribution in [0.15, 0.2) is 35.5 Å². The van der Waals surface area contributed by atoms with Crippen molar-refractivity contribution >= 4 is 6.21 Å². The van der Waals surface area contributed by atoms with Crippen LogP contribution in [0.4, 0.5) is 0 Å². The molecule has 5 atom stereocenters. The molecule has 0 radical (unpaired) electrons. The second kappa shape index (κ2) is 6.58. The summed E-state index contributed by atoms with van der Waals surface area (Å²) in [6.45, 7) is 7.86. The lowest BCUT2D eigenvalue weighted by atomic mass is 10.00. The molecule has 3 fully saturated rings. The van der Waals surface area contributed by atoms with Crippen molar-refractivity contribution in [3.63, 3.8) is 0 Å². The Hall–Kier alpha value is -1.51. The number of rotatable bonds is 4. The predicted molar refractivity (Wildman–Crippen MR) is 92.2 cm³/mol. The smallest absolute Gasteiger partial charge is 0.190 e. The molecule has 0 unspecified atom stereocenters. The third-order valence-electron chi connectivity index (χ3n) is 4.55. The molecule has 26 heavy (non-hydrogen) atoms. The summed E-state index contributed by atoms with van der Waals surface area (Å²) >= 11 is 0. The van der Waals surface area contributed by atoms with Crippen molar-refractivity contribution in [3.8, 4) is 0 Å². The fraction of sp³-hybridized carbons (Fsp3) is 0.632. The van der Waals surface area contributed by atoms with Gasteiger partial charge in [-0.05, 0) is 33.3 Å². The van der Waals surface area contributed by atoms with Crippen molar-refractivity contribution in [1.29, 1.82) is 0 Å². The maximum Gasteiger partial charge on any atom is 0.190 e. The Balaban J connectivity index is 1.44. The molecule has 3 heterocycles. The summed E-state index contributed by atoms with van der Waals surface area (Å²) < 4.78 is 29.9. The van der Waals surface area contributed by atoms with Gasteiger partial charge in [0.25, 0.3) is 0 Å². The monoisotopic (exact) mass is 363 g/mol. The maximum atomic E-state index is 6.06. The summed E-state index contributed by atoms with van der Waals surface area (Å²) in [7, 11) is 0. The first-order chi connectivity index (χ1) is 12.3. The molecule has 0 spiro atoms. The van der Waals surface area contributed by atoms with Crippen LogP contribution in [-0.4, -0.2) is 48.5 Å². The number of nitrogens with zero attached hydrogens (tertiary/aromatic N) is 1. The minimum absolute atomic E-state index is 0.295. The van der Waals surface area contributed by atoms with Crippen molar-refractivity contribution < 1.29 is 28.5 Å². The van der Waals surface area contributed by atoms with Gasteiger partial charge in [-0.25, -0.2) is 0 Å². The number of hydrogen-bond donors (Lipinski definition) is 0. The maximum absolute atomic E-state index is 6.06. The van der Waals surface area contributed by atoms with Gasteiger partial charge in [-0.15, -0.1) is 0 Å². The Morgan fingerprint density at radius 2 is 1.58 bits per heavy atom. The number of oxime groups is 1. The SMILES string of the molecule is CC1(C)O[C@H]2[C@@H](O1)[C@@H](/C=N/OCc1ccccc1)O[C@@H]1OC(C)(C)O[C@@H]12. The number of hydrogen-bond acceptors (Lipinski definition) is 7. The van der Waals surface area contributed by atoms with Gasteiger partial charge in [-0.1, -0.05) is 35.5 Å². The molecule has 7 heteroatoms. The van der Waals surface area contributed by atoms with Crippen LogP contribution in [0.25, 0.3) is 0 Å². The second-order valence-corrected chi connectivity index (χ2v) is 7.65. The van der Waals surface area contributed by atoms with Crippen LogP contribution >= 0.6 is 0 Å². The van der Waals surface area contributed by atoms with E-state index in [4.69, 9.17) is 28.5 Å². The van der Waals surface area contributed by atoms with E-state index in [9.17, 15) is 0 Å². The molecule has 0 aromatic heterocycles. The van der Waals surface area contributed by atoms with Crippen LogP contribution in [0.2, 0.25) is 0 Å². The van der Waals surface area contributed by atoms with Crippen LogP contribution in [-0.2, 0) is 35.1 Å². The first kappa shape index (κ1) is 17.9. The summed E-state index contributed by atoms with van der Waals surface area (Å²) in [5.74, 6) is -1.45. The van der Waals surface area contributed by atoms with Crippen LogP contribution < -0.4 is 0 Å². The van der Waals surface area contributed by atoms with Gasteiger partial charge in [0.15, 0.2) is 17.9 Å². The predicted octanol–water partition coefficient (Wildman–Crippen LogP) is 2.59. The van der Waals surface area contributed by atoms with E-state index in [2.05, 4.69) is 5.16 Å². The zero-order valence-electron chi connectivity index (χ0n) is 15.5. The molecule has 1 aromatic carbocycles. The number of ether oxygens (including phenoxy) is 5. The molecule has 0 amide bonds. The Kier molecular flexibility index (Phi) is 4.53.